The van der Waals surface area contributed by atoms with Crippen LogP contribution in [0.1, 0.15) is 21.5 Å². The van der Waals surface area contributed by atoms with Crippen LogP contribution >= 0.6 is 11.3 Å². The summed E-state index contributed by atoms with van der Waals surface area (Å²) < 4.78 is 1.36. The van der Waals surface area contributed by atoms with Gasteiger partial charge in [-0.3, -0.25) is 9.59 Å². The van der Waals surface area contributed by atoms with E-state index in [2.05, 4.69) is 10.00 Å². The Hall–Kier alpha value is -3.52. The molecule has 3 heterocycles. The number of fused-ring (bicyclic) bond motifs is 1. The SMILES string of the molecule is Cc1ccc(C(=O)N2CCN(c3cc(=O)n4nc(-c5cccc(C)c5)sc4n3)CC2)cc1. The van der Waals surface area contributed by atoms with Crippen molar-refractivity contribution in [3.05, 3.63) is 81.6 Å². The van der Waals surface area contributed by atoms with Crippen LogP contribution in [0.3, 0.4) is 0 Å². The van der Waals surface area contributed by atoms with Crippen LogP contribution in [-0.4, -0.2) is 51.6 Å². The number of rotatable bonds is 3. The van der Waals surface area contributed by atoms with Gasteiger partial charge in [0.25, 0.3) is 11.5 Å². The van der Waals surface area contributed by atoms with Crippen molar-refractivity contribution in [2.75, 3.05) is 31.1 Å². The van der Waals surface area contributed by atoms with Crippen LogP contribution in [0.15, 0.2) is 59.4 Å². The Labute approximate surface area is 189 Å². The minimum Gasteiger partial charge on any atom is -0.353 e. The molecule has 0 spiro atoms. The largest absolute Gasteiger partial charge is 0.353 e. The fourth-order valence-corrected chi connectivity index (χ4v) is 4.77. The fourth-order valence-electron chi connectivity index (χ4n) is 3.87. The summed E-state index contributed by atoms with van der Waals surface area (Å²) in [5.41, 5.74) is 3.76. The maximum atomic E-state index is 12.8. The molecule has 0 N–H and O–H groups in total. The Morgan fingerprint density at radius 1 is 0.938 bits per heavy atom. The molecule has 7 nitrogen and oxygen atoms in total. The molecule has 1 aliphatic rings. The molecule has 1 aliphatic heterocycles. The second-order valence-electron chi connectivity index (χ2n) is 8.07. The van der Waals surface area contributed by atoms with Gasteiger partial charge >= 0.3 is 0 Å². The number of amides is 1. The summed E-state index contributed by atoms with van der Waals surface area (Å²) >= 11 is 1.40. The summed E-state index contributed by atoms with van der Waals surface area (Å²) in [6.07, 6.45) is 0. The van der Waals surface area contributed by atoms with E-state index >= 15 is 0 Å². The first-order valence-corrected chi connectivity index (χ1v) is 11.4. The average Bonchev–Trinajstić information content (AvgIpc) is 3.24. The van der Waals surface area contributed by atoms with Gasteiger partial charge in [0.05, 0.1) is 0 Å². The average molecular weight is 446 g/mol. The molecule has 8 heteroatoms. The smallest absolute Gasteiger partial charge is 0.277 e. The van der Waals surface area contributed by atoms with E-state index in [1.807, 2.05) is 67.3 Å². The summed E-state index contributed by atoms with van der Waals surface area (Å²) in [5, 5.41) is 5.24. The van der Waals surface area contributed by atoms with Gasteiger partial charge in [0.1, 0.15) is 10.8 Å². The van der Waals surface area contributed by atoms with E-state index in [9.17, 15) is 9.59 Å². The quantitative estimate of drug-likeness (QED) is 0.483. The molecular formula is C24H23N5O2S. The first-order chi connectivity index (χ1) is 15.5. The highest BCUT2D eigenvalue weighted by atomic mass is 32.1. The van der Waals surface area contributed by atoms with Gasteiger partial charge in [0.15, 0.2) is 0 Å². The Kier molecular flexibility index (Phi) is 5.22. The Balaban J connectivity index is 1.35. The van der Waals surface area contributed by atoms with Gasteiger partial charge in [-0.2, -0.15) is 9.61 Å². The van der Waals surface area contributed by atoms with Crippen LogP contribution in [0, 0.1) is 13.8 Å². The van der Waals surface area contributed by atoms with Crippen molar-refractivity contribution in [2.45, 2.75) is 13.8 Å². The predicted molar refractivity (Wildman–Crippen MR) is 127 cm³/mol. The monoisotopic (exact) mass is 445 g/mol. The van der Waals surface area contributed by atoms with E-state index in [0.717, 1.165) is 21.7 Å². The summed E-state index contributed by atoms with van der Waals surface area (Å²) in [4.78, 5) is 34.7. The van der Waals surface area contributed by atoms with Crippen LogP contribution in [0.4, 0.5) is 5.82 Å². The van der Waals surface area contributed by atoms with Crippen molar-refractivity contribution in [3.63, 3.8) is 0 Å². The maximum absolute atomic E-state index is 12.8. The molecular weight excluding hydrogens is 422 g/mol. The number of anilines is 1. The standard InChI is InChI=1S/C24H23N5O2S/c1-16-6-8-18(9-7-16)23(31)28-12-10-27(11-13-28)20-15-21(30)29-24(25-20)32-22(26-29)19-5-3-4-17(2)14-19/h3-9,14-15H,10-13H2,1-2H3. The number of aryl methyl sites for hydroxylation is 2. The van der Waals surface area contributed by atoms with Crippen LogP contribution in [0.5, 0.6) is 0 Å². The highest BCUT2D eigenvalue weighted by Crippen LogP contribution is 2.26. The lowest BCUT2D eigenvalue weighted by Crippen LogP contribution is -2.49. The molecule has 0 atom stereocenters. The van der Waals surface area contributed by atoms with Crippen molar-refractivity contribution in [2.24, 2.45) is 0 Å². The Morgan fingerprint density at radius 3 is 2.41 bits per heavy atom. The second-order valence-corrected chi connectivity index (χ2v) is 9.02. The van der Waals surface area contributed by atoms with Gasteiger partial charge in [-0.15, -0.1) is 0 Å². The van der Waals surface area contributed by atoms with Gasteiger partial charge in [-0.25, -0.2) is 4.98 Å². The minimum atomic E-state index is -0.196. The van der Waals surface area contributed by atoms with Gasteiger partial charge < -0.3 is 9.80 Å². The van der Waals surface area contributed by atoms with E-state index in [0.29, 0.717) is 42.5 Å². The third kappa shape index (κ3) is 3.89. The molecule has 0 aliphatic carbocycles. The van der Waals surface area contributed by atoms with E-state index in [1.165, 1.54) is 21.9 Å². The molecule has 0 bridgehead atoms. The summed E-state index contributed by atoms with van der Waals surface area (Å²) in [5.74, 6) is 0.676. The van der Waals surface area contributed by atoms with Crippen molar-refractivity contribution >= 4 is 28.0 Å². The third-order valence-electron chi connectivity index (χ3n) is 5.69. The number of hydrogen-bond acceptors (Lipinski definition) is 6. The van der Waals surface area contributed by atoms with Crippen molar-refractivity contribution in [3.8, 4) is 10.6 Å². The van der Waals surface area contributed by atoms with Crippen molar-refractivity contribution < 1.29 is 4.79 Å². The zero-order valence-corrected chi connectivity index (χ0v) is 18.8. The van der Waals surface area contributed by atoms with E-state index in [1.54, 1.807) is 0 Å². The molecule has 1 amide bonds. The van der Waals surface area contributed by atoms with Crippen LogP contribution in [0.25, 0.3) is 15.5 Å². The molecule has 1 saturated heterocycles. The Morgan fingerprint density at radius 2 is 1.69 bits per heavy atom. The molecule has 162 valence electrons. The van der Waals surface area contributed by atoms with Crippen LogP contribution in [-0.2, 0) is 0 Å². The number of piperazine rings is 1. The van der Waals surface area contributed by atoms with Gasteiger partial charge in [0, 0.05) is 43.4 Å². The topological polar surface area (TPSA) is 70.8 Å². The van der Waals surface area contributed by atoms with Gasteiger partial charge in [-0.1, -0.05) is 52.8 Å². The number of benzene rings is 2. The number of hydrogen-bond donors (Lipinski definition) is 0. The van der Waals surface area contributed by atoms with Gasteiger partial charge in [-0.05, 0) is 32.0 Å². The molecule has 0 radical (unpaired) electrons. The lowest BCUT2D eigenvalue weighted by atomic mass is 10.1. The molecule has 5 rings (SSSR count). The molecule has 32 heavy (non-hydrogen) atoms. The summed E-state index contributed by atoms with van der Waals surface area (Å²) in [7, 11) is 0. The van der Waals surface area contributed by atoms with E-state index in [-0.39, 0.29) is 11.5 Å². The van der Waals surface area contributed by atoms with E-state index < -0.39 is 0 Å². The molecule has 4 aromatic rings. The van der Waals surface area contributed by atoms with Crippen LogP contribution < -0.4 is 10.5 Å². The third-order valence-corrected chi connectivity index (χ3v) is 6.64. The van der Waals surface area contributed by atoms with Gasteiger partial charge in [0.2, 0.25) is 4.96 Å². The first-order valence-electron chi connectivity index (χ1n) is 10.6. The lowest BCUT2D eigenvalue weighted by molar-refractivity contribution is 0.0746. The number of carbonyl (C=O) groups excluding carboxylic acids is 1. The molecule has 2 aromatic heterocycles. The zero-order valence-electron chi connectivity index (χ0n) is 18.0. The second kappa shape index (κ2) is 8.20. The maximum Gasteiger partial charge on any atom is 0.277 e. The minimum absolute atomic E-state index is 0.0402. The number of aromatic nitrogens is 3. The Bertz CT molecular complexity index is 1350. The fraction of sp³-hybridized carbons (Fsp3) is 0.250. The lowest BCUT2D eigenvalue weighted by Gasteiger charge is -2.35. The van der Waals surface area contributed by atoms with Crippen molar-refractivity contribution in [1.29, 1.82) is 0 Å². The number of nitrogens with zero attached hydrogens (tertiary/aromatic N) is 5. The highest BCUT2D eigenvalue weighted by Gasteiger charge is 2.24. The molecule has 0 unspecified atom stereocenters. The molecule has 1 fully saturated rings. The van der Waals surface area contributed by atoms with Crippen LogP contribution in [0.2, 0.25) is 0 Å². The predicted octanol–water partition coefficient (Wildman–Crippen LogP) is 3.40. The number of carbonyl (C=O) groups is 1. The summed E-state index contributed by atoms with van der Waals surface area (Å²) in [6.45, 7) is 6.47. The summed E-state index contributed by atoms with van der Waals surface area (Å²) in [6, 6.07) is 17.2. The highest BCUT2D eigenvalue weighted by molar-refractivity contribution is 7.19. The normalized spacial score (nSPS) is 14.2. The van der Waals surface area contributed by atoms with E-state index in [4.69, 9.17) is 4.98 Å². The zero-order chi connectivity index (χ0) is 22.2. The molecule has 0 saturated carbocycles. The van der Waals surface area contributed by atoms with Crippen molar-refractivity contribution in [1.82, 2.24) is 19.5 Å². The molecule has 2 aromatic carbocycles. The first kappa shape index (κ1) is 20.4.